The lowest BCUT2D eigenvalue weighted by Crippen LogP contribution is -2.58. The van der Waals surface area contributed by atoms with Crippen molar-refractivity contribution in [1.82, 2.24) is 16.0 Å². The summed E-state index contributed by atoms with van der Waals surface area (Å²) in [7, 11) is 0. The molecule has 0 heterocycles. The van der Waals surface area contributed by atoms with Crippen LogP contribution in [0.4, 0.5) is 0 Å². The molecule has 0 spiro atoms. The van der Waals surface area contributed by atoms with Crippen LogP contribution in [0.2, 0.25) is 0 Å². The molecule has 14 nitrogen and oxygen atoms in total. The third-order valence-corrected chi connectivity index (χ3v) is 4.86. The number of nitrogens with one attached hydrogen (secondary N) is 3. The number of aliphatic hydroxyl groups excluding tert-OH is 1. The fraction of sp³-hybridized carbons (Fsp3) is 0.476. The van der Waals surface area contributed by atoms with Crippen LogP contribution in [0, 0.1) is 0 Å². The number of rotatable bonds is 14. The number of hydrogen-bond acceptors (Lipinski definition) is 8. The number of nitrogens with zero attached hydrogens (tertiary/aromatic N) is 1. The van der Waals surface area contributed by atoms with Gasteiger partial charge >= 0.3 is 5.97 Å². The maximum atomic E-state index is 12.9. The Bertz CT molecular complexity index is 904. The Morgan fingerprint density at radius 2 is 1.54 bits per heavy atom. The van der Waals surface area contributed by atoms with E-state index in [1.807, 2.05) is 0 Å². The number of aromatic hydroxyl groups is 1. The molecule has 3 amide bonds. The fourth-order valence-corrected chi connectivity index (χ4v) is 2.85. The number of hydrogen-bond donors (Lipinski definition) is 9. The maximum absolute atomic E-state index is 12.9. The van der Waals surface area contributed by atoms with Gasteiger partial charge in [-0.3, -0.25) is 24.2 Å². The monoisotopic (exact) mass is 495 g/mol. The Hall–Kier alpha value is -3.91. The topological polar surface area (TPSA) is 255 Å². The van der Waals surface area contributed by atoms with E-state index in [9.17, 15) is 29.4 Å². The van der Waals surface area contributed by atoms with Gasteiger partial charge in [0.05, 0.1) is 12.6 Å². The first-order chi connectivity index (χ1) is 16.4. The number of guanidine groups is 1. The summed E-state index contributed by atoms with van der Waals surface area (Å²) < 4.78 is 0. The zero-order valence-corrected chi connectivity index (χ0v) is 19.3. The molecule has 0 fully saturated rings. The summed E-state index contributed by atoms with van der Waals surface area (Å²) in [6.45, 7) is 0.676. The number of aliphatic hydroxyl groups is 1. The molecule has 4 atom stereocenters. The molecule has 194 valence electrons. The number of nitrogens with two attached hydrogens (primary N) is 3. The number of carbonyl (C=O) groups excluding carboxylic acids is 3. The molecule has 4 unspecified atom stereocenters. The minimum atomic E-state index is -1.46. The Labute approximate surface area is 201 Å². The number of carboxylic acid groups (broad SMARTS) is 1. The van der Waals surface area contributed by atoms with Crippen LogP contribution in [-0.4, -0.2) is 82.3 Å². The van der Waals surface area contributed by atoms with Gasteiger partial charge in [0, 0.05) is 13.0 Å². The third kappa shape index (κ3) is 10.7. The number of phenolic OH excluding ortho intramolecular Hbond substituents is 1. The molecule has 1 aromatic carbocycles. The van der Waals surface area contributed by atoms with Crippen LogP contribution in [0.15, 0.2) is 29.3 Å². The summed E-state index contributed by atoms with van der Waals surface area (Å²) in [4.78, 5) is 52.5. The third-order valence-electron chi connectivity index (χ3n) is 4.86. The van der Waals surface area contributed by atoms with Crippen LogP contribution in [0.5, 0.6) is 5.75 Å². The van der Waals surface area contributed by atoms with Crippen molar-refractivity contribution in [1.29, 1.82) is 0 Å². The van der Waals surface area contributed by atoms with Crippen LogP contribution in [0.3, 0.4) is 0 Å². The van der Waals surface area contributed by atoms with E-state index in [4.69, 9.17) is 22.3 Å². The summed E-state index contributed by atoms with van der Waals surface area (Å²) >= 11 is 0. The standard InChI is InChI=1S/C21H33N7O7/c1-11(20(34)35)26-19(33)16(10-29)28-18(32)15(9-12-4-6-13(30)7-5-12)27-17(31)14(22)3-2-8-25-21(23)24/h4-7,11,14-16,29-30H,2-3,8-10,22H2,1H3,(H,26,33)(H,27,31)(H,28,32)(H,34,35)(H4,23,24,25). The van der Waals surface area contributed by atoms with Gasteiger partial charge < -0.3 is 48.5 Å². The maximum Gasteiger partial charge on any atom is 0.325 e. The van der Waals surface area contributed by atoms with Crippen LogP contribution in [-0.2, 0) is 25.6 Å². The minimum Gasteiger partial charge on any atom is -0.508 e. The Morgan fingerprint density at radius 3 is 2.09 bits per heavy atom. The first-order valence-corrected chi connectivity index (χ1v) is 10.8. The molecule has 12 N–H and O–H groups in total. The second-order valence-corrected chi connectivity index (χ2v) is 7.80. The summed E-state index contributed by atoms with van der Waals surface area (Å²) in [5.74, 6) is -3.75. The molecular weight excluding hydrogens is 462 g/mol. The molecule has 0 aliphatic heterocycles. The molecule has 1 aromatic rings. The van der Waals surface area contributed by atoms with Gasteiger partial charge in [-0.2, -0.15) is 0 Å². The smallest absolute Gasteiger partial charge is 0.325 e. The average molecular weight is 496 g/mol. The van der Waals surface area contributed by atoms with Crippen molar-refractivity contribution in [3.63, 3.8) is 0 Å². The molecule has 14 heteroatoms. The number of amides is 3. The van der Waals surface area contributed by atoms with E-state index < -0.39 is 54.5 Å². The predicted molar refractivity (Wildman–Crippen MR) is 126 cm³/mol. The van der Waals surface area contributed by atoms with Gasteiger partial charge in [0.15, 0.2) is 5.96 Å². The van der Waals surface area contributed by atoms with Crippen molar-refractivity contribution in [2.75, 3.05) is 13.2 Å². The van der Waals surface area contributed by atoms with Gasteiger partial charge in [0.2, 0.25) is 17.7 Å². The van der Waals surface area contributed by atoms with E-state index in [0.29, 0.717) is 12.0 Å². The van der Waals surface area contributed by atoms with E-state index in [1.165, 1.54) is 19.1 Å². The first-order valence-electron chi connectivity index (χ1n) is 10.8. The normalized spacial score (nSPS) is 14.0. The number of phenols is 1. The Balaban J connectivity index is 2.93. The van der Waals surface area contributed by atoms with Crippen LogP contribution in [0.25, 0.3) is 0 Å². The molecule has 35 heavy (non-hydrogen) atoms. The Morgan fingerprint density at radius 1 is 0.971 bits per heavy atom. The number of carboxylic acids is 1. The zero-order chi connectivity index (χ0) is 26.5. The lowest BCUT2D eigenvalue weighted by atomic mass is 10.0. The van der Waals surface area contributed by atoms with Crippen molar-refractivity contribution >= 4 is 29.7 Å². The lowest BCUT2D eigenvalue weighted by Gasteiger charge is -2.24. The van der Waals surface area contributed by atoms with E-state index >= 15 is 0 Å². The van der Waals surface area contributed by atoms with E-state index in [-0.39, 0.29) is 31.1 Å². The molecule has 0 bridgehead atoms. The van der Waals surface area contributed by atoms with E-state index in [2.05, 4.69) is 20.9 Å². The SMILES string of the molecule is CC(NC(=O)C(CO)NC(=O)C(Cc1ccc(O)cc1)NC(=O)C(N)CCCN=C(N)N)C(=O)O. The van der Waals surface area contributed by atoms with Crippen molar-refractivity contribution in [2.24, 2.45) is 22.2 Å². The molecule has 0 saturated carbocycles. The summed E-state index contributed by atoms with van der Waals surface area (Å²) in [5.41, 5.74) is 17.0. The summed E-state index contributed by atoms with van der Waals surface area (Å²) in [6, 6.07) is 0.998. The van der Waals surface area contributed by atoms with E-state index in [1.54, 1.807) is 12.1 Å². The zero-order valence-electron chi connectivity index (χ0n) is 19.3. The number of aliphatic imine (C=N–C) groups is 1. The minimum absolute atomic E-state index is 0.00569. The average Bonchev–Trinajstić information content (AvgIpc) is 2.80. The molecule has 0 aromatic heterocycles. The van der Waals surface area contributed by atoms with Gasteiger partial charge in [-0.15, -0.1) is 0 Å². The Kier molecular flexibility index (Phi) is 12.0. The van der Waals surface area contributed by atoms with Crippen molar-refractivity contribution < 1.29 is 34.5 Å². The molecule has 0 aliphatic rings. The van der Waals surface area contributed by atoms with Crippen LogP contribution >= 0.6 is 0 Å². The van der Waals surface area contributed by atoms with Crippen LogP contribution < -0.4 is 33.2 Å². The highest BCUT2D eigenvalue weighted by Gasteiger charge is 2.29. The number of benzene rings is 1. The highest BCUT2D eigenvalue weighted by atomic mass is 16.4. The molecule has 1 rings (SSSR count). The molecule has 0 aliphatic carbocycles. The molecule has 0 radical (unpaired) electrons. The number of carbonyl (C=O) groups is 4. The van der Waals surface area contributed by atoms with Gasteiger partial charge in [-0.05, 0) is 37.5 Å². The van der Waals surface area contributed by atoms with Gasteiger partial charge in [0.25, 0.3) is 0 Å². The lowest BCUT2D eigenvalue weighted by molar-refractivity contribution is -0.142. The second-order valence-electron chi connectivity index (χ2n) is 7.80. The highest BCUT2D eigenvalue weighted by molar-refractivity contribution is 5.94. The van der Waals surface area contributed by atoms with Gasteiger partial charge in [-0.1, -0.05) is 12.1 Å². The van der Waals surface area contributed by atoms with Crippen molar-refractivity contribution in [2.45, 2.75) is 50.4 Å². The largest absolute Gasteiger partial charge is 0.508 e. The van der Waals surface area contributed by atoms with Gasteiger partial charge in [0.1, 0.15) is 23.9 Å². The molecule has 0 saturated heterocycles. The highest BCUT2D eigenvalue weighted by Crippen LogP contribution is 2.12. The fourth-order valence-electron chi connectivity index (χ4n) is 2.85. The first kappa shape index (κ1) is 29.1. The van der Waals surface area contributed by atoms with Crippen molar-refractivity contribution in [3.8, 4) is 5.75 Å². The quantitative estimate of drug-likeness (QED) is 0.0712. The summed E-state index contributed by atoms with van der Waals surface area (Å²) in [5, 5.41) is 34.9. The summed E-state index contributed by atoms with van der Waals surface area (Å²) in [6.07, 6.45) is 0.616. The van der Waals surface area contributed by atoms with E-state index in [0.717, 1.165) is 0 Å². The van der Waals surface area contributed by atoms with Gasteiger partial charge in [-0.25, -0.2) is 0 Å². The van der Waals surface area contributed by atoms with Crippen molar-refractivity contribution in [3.05, 3.63) is 29.8 Å². The number of aliphatic carboxylic acids is 1. The predicted octanol–water partition coefficient (Wildman–Crippen LogP) is -3.13. The second kappa shape index (κ2) is 14.4. The molecular formula is C21H33N7O7. The van der Waals surface area contributed by atoms with Crippen LogP contribution in [0.1, 0.15) is 25.3 Å².